The average Bonchev–Trinajstić information content (AvgIpc) is 3.05. The van der Waals surface area contributed by atoms with E-state index in [4.69, 9.17) is 0 Å². The third-order valence-corrected chi connectivity index (χ3v) is 4.32. The lowest BCUT2D eigenvalue weighted by atomic mass is 10.2. The number of carbonyl (C=O) groups excluding carboxylic acids is 2. The van der Waals surface area contributed by atoms with Gasteiger partial charge in [0, 0.05) is 18.5 Å². The summed E-state index contributed by atoms with van der Waals surface area (Å²) in [5, 5.41) is 9.63. The van der Waals surface area contributed by atoms with Gasteiger partial charge in [-0.1, -0.05) is 18.2 Å². The van der Waals surface area contributed by atoms with Gasteiger partial charge in [-0.15, -0.1) is 0 Å². The van der Waals surface area contributed by atoms with Crippen LogP contribution in [0.1, 0.15) is 16.9 Å². The second-order valence-electron chi connectivity index (χ2n) is 5.23. The zero-order valence-corrected chi connectivity index (χ0v) is 14.2. The Morgan fingerprint density at radius 3 is 2.88 bits per heavy atom. The van der Waals surface area contributed by atoms with Crippen molar-refractivity contribution in [2.75, 3.05) is 23.7 Å². The summed E-state index contributed by atoms with van der Waals surface area (Å²) in [5.74, 6) is 0.953. The van der Waals surface area contributed by atoms with Crippen molar-refractivity contribution in [3.05, 3.63) is 48.2 Å². The molecule has 0 aliphatic heterocycles. The van der Waals surface area contributed by atoms with Crippen LogP contribution in [0.5, 0.6) is 0 Å². The summed E-state index contributed by atoms with van der Waals surface area (Å²) in [5.41, 5.74) is 0.269. The van der Waals surface area contributed by atoms with E-state index in [0.717, 1.165) is 22.3 Å². The highest BCUT2D eigenvalue weighted by atomic mass is 32.1. The van der Waals surface area contributed by atoms with E-state index >= 15 is 0 Å². The molecule has 0 spiro atoms. The number of hydrogen-bond donors (Lipinski definition) is 3. The number of hydrogen-bond acceptors (Lipinski definition) is 6. The van der Waals surface area contributed by atoms with Gasteiger partial charge in [0.05, 0.1) is 4.70 Å². The molecule has 2 amide bonds. The molecule has 0 unspecified atom stereocenters. The van der Waals surface area contributed by atoms with Gasteiger partial charge in [0.25, 0.3) is 5.91 Å². The molecule has 1 aromatic carbocycles. The Morgan fingerprint density at radius 1 is 1.12 bits per heavy atom. The van der Waals surface area contributed by atoms with E-state index in [1.165, 1.54) is 11.5 Å². The predicted octanol–water partition coefficient (Wildman–Crippen LogP) is 2.49. The van der Waals surface area contributed by atoms with Gasteiger partial charge in [0.1, 0.15) is 17.3 Å². The molecule has 2 heterocycles. The van der Waals surface area contributed by atoms with Crippen LogP contribution in [-0.4, -0.2) is 34.8 Å². The summed E-state index contributed by atoms with van der Waals surface area (Å²) in [6.45, 7) is 1.22. The third-order valence-electron chi connectivity index (χ3n) is 3.50. The monoisotopic (exact) mass is 355 g/mol. The highest BCUT2D eigenvalue weighted by Crippen LogP contribution is 2.25. The number of pyridine rings is 1. The zero-order valence-electron chi connectivity index (χ0n) is 13.4. The minimum Gasteiger partial charge on any atom is -0.369 e. The Morgan fingerprint density at radius 2 is 2.00 bits per heavy atom. The Hall–Kier alpha value is -3.00. The molecule has 3 N–H and O–H groups in total. The second-order valence-corrected chi connectivity index (χ2v) is 6.04. The molecule has 0 fully saturated rings. The number of rotatable bonds is 8. The molecule has 25 heavy (non-hydrogen) atoms. The van der Waals surface area contributed by atoms with E-state index < -0.39 is 0 Å². The molecular weight excluding hydrogens is 338 g/mol. The van der Waals surface area contributed by atoms with Crippen molar-refractivity contribution in [3.8, 4) is 0 Å². The van der Waals surface area contributed by atoms with Gasteiger partial charge in [-0.3, -0.25) is 9.59 Å². The van der Waals surface area contributed by atoms with Crippen LogP contribution < -0.4 is 16.0 Å². The molecule has 0 bridgehead atoms. The van der Waals surface area contributed by atoms with E-state index in [2.05, 4.69) is 25.3 Å². The van der Waals surface area contributed by atoms with E-state index in [9.17, 15) is 9.59 Å². The maximum Gasteiger partial charge on any atom is 0.269 e. The molecule has 7 nitrogen and oxygen atoms in total. The number of aromatic nitrogens is 2. The maximum atomic E-state index is 12.0. The molecule has 0 saturated carbocycles. The molecule has 3 rings (SSSR count). The van der Waals surface area contributed by atoms with Gasteiger partial charge in [-0.2, -0.15) is 4.37 Å². The summed E-state index contributed by atoms with van der Waals surface area (Å²) in [6.07, 6.45) is 1.28. The standard InChI is InChI=1S/C17H17N5O2S/c23-11-20-15-8-3-6-13(21-15)17(24)19-10-4-9-18-16-12-5-1-2-7-14(12)25-22-16/h1-3,5-8,11H,4,9-10H2,(H,18,22)(H,19,24)(H,20,21,23). The van der Waals surface area contributed by atoms with Crippen LogP contribution in [0.2, 0.25) is 0 Å². The first-order valence-corrected chi connectivity index (χ1v) is 8.59. The number of nitrogens with zero attached hydrogens (tertiary/aromatic N) is 2. The fraction of sp³-hybridized carbons (Fsp3) is 0.176. The summed E-state index contributed by atoms with van der Waals surface area (Å²) >= 11 is 1.46. The Balaban J connectivity index is 1.44. The lowest BCUT2D eigenvalue weighted by Gasteiger charge is -2.07. The van der Waals surface area contributed by atoms with E-state index in [1.54, 1.807) is 18.2 Å². The number of amides is 2. The normalized spacial score (nSPS) is 10.4. The van der Waals surface area contributed by atoms with Crippen molar-refractivity contribution in [3.63, 3.8) is 0 Å². The van der Waals surface area contributed by atoms with Gasteiger partial charge >= 0.3 is 0 Å². The molecule has 3 aromatic rings. The lowest BCUT2D eigenvalue weighted by Crippen LogP contribution is -2.26. The summed E-state index contributed by atoms with van der Waals surface area (Å²) in [4.78, 5) is 26.5. The van der Waals surface area contributed by atoms with Crippen molar-refractivity contribution >= 4 is 45.6 Å². The van der Waals surface area contributed by atoms with Crippen LogP contribution in [0.4, 0.5) is 11.6 Å². The first-order chi connectivity index (χ1) is 12.3. The molecule has 0 saturated heterocycles. The molecule has 8 heteroatoms. The molecule has 0 aliphatic rings. The third kappa shape index (κ3) is 4.30. The minimum atomic E-state index is -0.270. The van der Waals surface area contributed by atoms with Crippen molar-refractivity contribution < 1.29 is 9.59 Å². The number of benzene rings is 1. The number of nitrogens with one attached hydrogen (secondary N) is 3. The fourth-order valence-corrected chi connectivity index (χ4v) is 3.06. The number of carbonyl (C=O) groups is 2. The molecule has 2 aromatic heterocycles. The van der Waals surface area contributed by atoms with Crippen molar-refractivity contribution in [1.29, 1.82) is 0 Å². The number of fused-ring (bicyclic) bond motifs is 1. The largest absolute Gasteiger partial charge is 0.369 e. The van der Waals surface area contributed by atoms with Gasteiger partial charge < -0.3 is 16.0 Å². The molecule has 0 radical (unpaired) electrons. The smallest absolute Gasteiger partial charge is 0.269 e. The molecule has 0 aliphatic carbocycles. The Bertz CT molecular complexity index is 880. The average molecular weight is 355 g/mol. The Labute approximate surface area is 148 Å². The predicted molar refractivity (Wildman–Crippen MR) is 99.0 cm³/mol. The highest BCUT2D eigenvalue weighted by molar-refractivity contribution is 7.13. The quantitative estimate of drug-likeness (QED) is 0.426. The molecular formula is C17H17N5O2S. The van der Waals surface area contributed by atoms with Crippen LogP contribution in [-0.2, 0) is 4.79 Å². The summed E-state index contributed by atoms with van der Waals surface area (Å²) < 4.78 is 5.55. The van der Waals surface area contributed by atoms with Crippen molar-refractivity contribution in [2.45, 2.75) is 6.42 Å². The van der Waals surface area contributed by atoms with Crippen LogP contribution in [0, 0.1) is 0 Å². The molecule has 128 valence electrons. The van der Waals surface area contributed by atoms with Gasteiger partial charge in [-0.05, 0) is 42.2 Å². The van der Waals surface area contributed by atoms with E-state index in [0.29, 0.717) is 25.3 Å². The summed E-state index contributed by atoms with van der Waals surface area (Å²) in [6, 6.07) is 12.9. The Kier molecular flexibility index (Phi) is 5.53. The second kappa shape index (κ2) is 8.20. The topological polar surface area (TPSA) is 96.0 Å². The van der Waals surface area contributed by atoms with Crippen LogP contribution >= 0.6 is 11.5 Å². The SMILES string of the molecule is O=CNc1cccc(C(=O)NCCCNc2nsc3ccccc23)n1. The van der Waals surface area contributed by atoms with Crippen molar-refractivity contribution in [1.82, 2.24) is 14.7 Å². The van der Waals surface area contributed by atoms with Crippen LogP contribution in [0.3, 0.4) is 0 Å². The maximum absolute atomic E-state index is 12.0. The number of anilines is 2. The van der Waals surface area contributed by atoms with Gasteiger partial charge in [-0.25, -0.2) is 4.98 Å². The lowest BCUT2D eigenvalue weighted by molar-refractivity contribution is -0.105. The van der Waals surface area contributed by atoms with E-state index in [-0.39, 0.29) is 11.6 Å². The first-order valence-electron chi connectivity index (χ1n) is 7.81. The van der Waals surface area contributed by atoms with Crippen molar-refractivity contribution in [2.24, 2.45) is 0 Å². The molecule has 0 atom stereocenters. The van der Waals surface area contributed by atoms with Crippen LogP contribution in [0.25, 0.3) is 10.1 Å². The fourth-order valence-electron chi connectivity index (χ4n) is 2.30. The highest BCUT2D eigenvalue weighted by Gasteiger charge is 2.08. The van der Waals surface area contributed by atoms with E-state index in [1.807, 2.05) is 24.3 Å². The summed E-state index contributed by atoms with van der Waals surface area (Å²) in [7, 11) is 0. The van der Waals surface area contributed by atoms with Gasteiger partial charge in [0.15, 0.2) is 0 Å². The first kappa shape index (κ1) is 16.8. The minimum absolute atomic E-state index is 0.269. The van der Waals surface area contributed by atoms with Crippen LogP contribution in [0.15, 0.2) is 42.5 Å². The van der Waals surface area contributed by atoms with Gasteiger partial charge in [0.2, 0.25) is 6.41 Å². The zero-order chi connectivity index (χ0) is 17.5.